The number of fused-ring (bicyclic) bond motifs is 1. The van der Waals surface area contributed by atoms with Crippen LogP contribution in [0.15, 0.2) is 33.6 Å². The second-order valence-electron chi connectivity index (χ2n) is 2.52. The normalized spacial score (nSPS) is 19.6. The average Bonchev–Trinajstić information content (AvgIpc) is 2.29. The fourth-order valence-electron chi connectivity index (χ4n) is 1.13. The van der Waals surface area contributed by atoms with Crippen molar-refractivity contribution in [2.24, 2.45) is 4.40 Å². The second kappa shape index (κ2) is 3.44. The minimum atomic E-state index is -1.37. The van der Waals surface area contributed by atoms with Gasteiger partial charge in [0.1, 0.15) is 0 Å². The number of hydrogen-bond acceptors (Lipinski definition) is 1. The molecule has 0 amide bonds. The maximum atomic E-state index is 11.5. The summed E-state index contributed by atoms with van der Waals surface area (Å²) in [7, 11) is -1.37. The van der Waals surface area contributed by atoms with Gasteiger partial charge in [0.15, 0.2) is 11.0 Å². The Bertz CT molecular complexity index is 426. The molecule has 0 radical (unpaired) electrons. The SMILES string of the molecule is O=S1N=CC=Cc2cccc(Cl)c21. The Labute approximate surface area is 83.5 Å². The van der Waals surface area contributed by atoms with Crippen molar-refractivity contribution in [3.8, 4) is 0 Å². The first-order chi connectivity index (χ1) is 6.29. The van der Waals surface area contributed by atoms with E-state index in [1.54, 1.807) is 12.1 Å². The summed E-state index contributed by atoms with van der Waals surface area (Å²) < 4.78 is 15.3. The van der Waals surface area contributed by atoms with Crippen molar-refractivity contribution in [3.63, 3.8) is 0 Å². The van der Waals surface area contributed by atoms with Crippen LogP contribution in [0.5, 0.6) is 0 Å². The fourth-order valence-corrected chi connectivity index (χ4v) is 2.37. The molecule has 1 aromatic rings. The third kappa shape index (κ3) is 1.57. The van der Waals surface area contributed by atoms with Crippen LogP contribution in [0.4, 0.5) is 0 Å². The lowest BCUT2D eigenvalue weighted by Crippen LogP contribution is -1.90. The minimum absolute atomic E-state index is 0.500. The molecule has 0 aliphatic carbocycles. The lowest BCUT2D eigenvalue weighted by Gasteiger charge is -2.02. The average molecular weight is 212 g/mol. The standard InChI is InChI=1S/C9H6ClNOS/c10-8-5-1-3-7-4-2-6-11-13(12)9(7)8/h1-6H. The first-order valence-corrected chi connectivity index (χ1v) is 5.18. The molecule has 1 unspecified atom stereocenters. The van der Waals surface area contributed by atoms with Crippen LogP contribution in [0.1, 0.15) is 5.56 Å². The van der Waals surface area contributed by atoms with Gasteiger partial charge in [0.2, 0.25) is 0 Å². The molecule has 1 aliphatic heterocycles. The molecule has 0 spiro atoms. The summed E-state index contributed by atoms with van der Waals surface area (Å²) in [4.78, 5) is 0.592. The zero-order valence-corrected chi connectivity index (χ0v) is 8.18. The third-order valence-corrected chi connectivity index (χ3v) is 3.24. The van der Waals surface area contributed by atoms with Gasteiger partial charge in [-0.3, -0.25) is 0 Å². The molecule has 0 fully saturated rings. The van der Waals surface area contributed by atoms with Crippen LogP contribution < -0.4 is 0 Å². The van der Waals surface area contributed by atoms with E-state index in [0.717, 1.165) is 5.56 Å². The molecule has 1 aliphatic rings. The van der Waals surface area contributed by atoms with Crippen molar-refractivity contribution in [1.29, 1.82) is 0 Å². The number of rotatable bonds is 0. The molecule has 0 aromatic heterocycles. The predicted molar refractivity (Wildman–Crippen MR) is 55.4 cm³/mol. The van der Waals surface area contributed by atoms with E-state index in [1.807, 2.05) is 18.2 Å². The first-order valence-electron chi connectivity index (χ1n) is 3.70. The van der Waals surface area contributed by atoms with Crippen LogP contribution >= 0.6 is 11.6 Å². The highest BCUT2D eigenvalue weighted by Crippen LogP contribution is 2.26. The quantitative estimate of drug-likeness (QED) is 0.648. The number of allylic oxidation sites excluding steroid dienone is 1. The summed E-state index contributed by atoms with van der Waals surface area (Å²) in [5, 5.41) is 0.500. The topological polar surface area (TPSA) is 29.4 Å². The van der Waals surface area contributed by atoms with Gasteiger partial charge in [-0.05, 0) is 17.7 Å². The molecular formula is C9H6ClNOS. The van der Waals surface area contributed by atoms with E-state index in [9.17, 15) is 4.21 Å². The highest BCUT2D eigenvalue weighted by molar-refractivity contribution is 7.84. The maximum Gasteiger partial charge on any atom is 0.174 e. The second-order valence-corrected chi connectivity index (χ2v) is 4.05. The Morgan fingerprint density at radius 3 is 3.08 bits per heavy atom. The largest absolute Gasteiger partial charge is 0.229 e. The van der Waals surface area contributed by atoms with E-state index in [1.165, 1.54) is 6.21 Å². The number of halogens is 1. The van der Waals surface area contributed by atoms with E-state index in [0.29, 0.717) is 9.92 Å². The lowest BCUT2D eigenvalue weighted by molar-refractivity contribution is 0.684. The van der Waals surface area contributed by atoms with Crippen LogP contribution in [0, 0.1) is 0 Å². The van der Waals surface area contributed by atoms with Crippen molar-refractivity contribution < 1.29 is 4.21 Å². The first kappa shape index (κ1) is 8.66. The zero-order valence-electron chi connectivity index (χ0n) is 6.61. The van der Waals surface area contributed by atoms with Crippen molar-refractivity contribution in [1.82, 2.24) is 0 Å². The van der Waals surface area contributed by atoms with E-state index in [-0.39, 0.29) is 0 Å². The molecule has 0 saturated heterocycles. The highest BCUT2D eigenvalue weighted by Gasteiger charge is 2.12. The number of hydrogen-bond donors (Lipinski definition) is 0. The smallest absolute Gasteiger partial charge is 0.174 e. The number of nitrogens with zero attached hydrogens (tertiary/aromatic N) is 1. The van der Waals surface area contributed by atoms with Gasteiger partial charge in [0, 0.05) is 6.21 Å². The molecule has 0 N–H and O–H groups in total. The lowest BCUT2D eigenvalue weighted by atomic mass is 10.2. The summed E-state index contributed by atoms with van der Waals surface area (Å²) in [5.74, 6) is 0. The predicted octanol–water partition coefficient (Wildman–Crippen LogP) is 2.46. The van der Waals surface area contributed by atoms with Crippen LogP contribution in [-0.2, 0) is 11.0 Å². The Morgan fingerprint density at radius 2 is 2.23 bits per heavy atom. The van der Waals surface area contributed by atoms with Crippen LogP contribution in [0.2, 0.25) is 5.02 Å². The fraction of sp³-hybridized carbons (Fsp3) is 0. The summed E-state index contributed by atoms with van der Waals surface area (Å²) in [6.45, 7) is 0. The Morgan fingerprint density at radius 1 is 1.38 bits per heavy atom. The molecule has 0 saturated carbocycles. The van der Waals surface area contributed by atoms with Crippen LogP contribution in [0.3, 0.4) is 0 Å². The van der Waals surface area contributed by atoms with Gasteiger partial charge >= 0.3 is 0 Å². The maximum absolute atomic E-state index is 11.5. The van der Waals surface area contributed by atoms with Crippen LogP contribution in [0.25, 0.3) is 6.08 Å². The molecule has 0 bridgehead atoms. The van der Waals surface area contributed by atoms with Crippen molar-refractivity contribution in [3.05, 3.63) is 34.9 Å². The Hall–Kier alpha value is -0.930. The molecule has 1 heterocycles. The zero-order chi connectivity index (χ0) is 9.26. The summed E-state index contributed by atoms with van der Waals surface area (Å²) in [6, 6.07) is 5.41. The van der Waals surface area contributed by atoms with Gasteiger partial charge in [-0.1, -0.05) is 29.8 Å². The Balaban J connectivity index is 2.71. The summed E-state index contributed by atoms with van der Waals surface area (Å²) in [6.07, 6.45) is 5.11. The molecule has 4 heteroatoms. The Kier molecular flexibility index (Phi) is 2.29. The monoisotopic (exact) mass is 211 g/mol. The van der Waals surface area contributed by atoms with Gasteiger partial charge < -0.3 is 0 Å². The molecule has 2 rings (SSSR count). The van der Waals surface area contributed by atoms with Crippen molar-refractivity contribution in [2.45, 2.75) is 4.90 Å². The molecular weight excluding hydrogens is 206 g/mol. The third-order valence-electron chi connectivity index (χ3n) is 1.69. The molecule has 1 aromatic carbocycles. The van der Waals surface area contributed by atoms with Crippen molar-refractivity contribution in [2.75, 3.05) is 0 Å². The molecule has 13 heavy (non-hydrogen) atoms. The van der Waals surface area contributed by atoms with Gasteiger partial charge in [-0.15, -0.1) is 0 Å². The van der Waals surface area contributed by atoms with Crippen LogP contribution in [-0.4, -0.2) is 10.4 Å². The van der Waals surface area contributed by atoms with E-state index in [2.05, 4.69) is 4.40 Å². The number of benzene rings is 1. The van der Waals surface area contributed by atoms with Gasteiger partial charge in [-0.25, -0.2) is 4.21 Å². The van der Waals surface area contributed by atoms with E-state index in [4.69, 9.17) is 11.6 Å². The minimum Gasteiger partial charge on any atom is -0.229 e. The molecule has 66 valence electrons. The molecule has 2 nitrogen and oxygen atoms in total. The van der Waals surface area contributed by atoms with Gasteiger partial charge in [0.25, 0.3) is 0 Å². The van der Waals surface area contributed by atoms with E-state index >= 15 is 0 Å². The van der Waals surface area contributed by atoms with Gasteiger partial charge in [0.05, 0.1) is 9.92 Å². The summed E-state index contributed by atoms with van der Waals surface area (Å²) in [5.41, 5.74) is 0.864. The summed E-state index contributed by atoms with van der Waals surface area (Å²) >= 11 is 5.91. The molecule has 1 atom stereocenters. The van der Waals surface area contributed by atoms with Crippen molar-refractivity contribution >= 4 is 34.9 Å². The van der Waals surface area contributed by atoms with Gasteiger partial charge in [-0.2, -0.15) is 4.40 Å². The van der Waals surface area contributed by atoms with E-state index < -0.39 is 11.0 Å². The highest BCUT2D eigenvalue weighted by atomic mass is 35.5.